The van der Waals surface area contributed by atoms with E-state index in [1.165, 1.54) is 19.3 Å². The Balaban J connectivity index is 1.70. The zero-order chi connectivity index (χ0) is 13.0. The van der Waals surface area contributed by atoms with Gasteiger partial charge in [0.2, 0.25) is 0 Å². The molecular formula is C15H17ClN2O. The molecule has 2 aliphatic rings. The van der Waals surface area contributed by atoms with E-state index in [2.05, 4.69) is 11.5 Å². The van der Waals surface area contributed by atoms with Crippen LogP contribution in [0.3, 0.4) is 0 Å². The molecule has 0 radical (unpaired) electrons. The predicted molar refractivity (Wildman–Crippen MR) is 75.6 cm³/mol. The van der Waals surface area contributed by atoms with Crippen LogP contribution < -0.4 is 11.3 Å². The van der Waals surface area contributed by atoms with Crippen molar-refractivity contribution in [3.05, 3.63) is 35.0 Å². The molecule has 1 aromatic heterocycles. The van der Waals surface area contributed by atoms with E-state index in [1.807, 2.05) is 18.2 Å². The highest BCUT2D eigenvalue weighted by Gasteiger charge is 2.56. The Morgan fingerprint density at radius 1 is 1.32 bits per heavy atom. The molecule has 2 aromatic rings. The van der Waals surface area contributed by atoms with Crippen molar-refractivity contribution in [2.45, 2.75) is 25.3 Å². The first-order chi connectivity index (χ1) is 9.29. The summed E-state index contributed by atoms with van der Waals surface area (Å²) in [6, 6.07) is 8.02. The number of hydrogen-bond acceptors (Lipinski definition) is 3. The summed E-state index contributed by atoms with van der Waals surface area (Å²) in [6.45, 7) is 0. The molecule has 100 valence electrons. The van der Waals surface area contributed by atoms with Gasteiger partial charge in [-0.15, -0.1) is 0 Å². The molecule has 2 fully saturated rings. The normalized spacial score (nSPS) is 30.5. The van der Waals surface area contributed by atoms with Gasteiger partial charge in [0.25, 0.3) is 0 Å². The molecule has 1 aromatic carbocycles. The number of nitrogens with two attached hydrogens (primary N) is 1. The molecule has 3 nitrogen and oxygen atoms in total. The summed E-state index contributed by atoms with van der Waals surface area (Å²) in [5.74, 6) is 9.00. The number of para-hydroxylation sites is 1. The predicted octanol–water partition coefficient (Wildman–Crippen LogP) is 3.64. The van der Waals surface area contributed by atoms with Gasteiger partial charge in [-0.1, -0.05) is 30.2 Å². The second kappa shape index (κ2) is 4.23. The van der Waals surface area contributed by atoms with Gasteiger partial charge in [-0.25, -0.2) is 5.43 Å². The van der Waals surface area contributed by atoms with E-state index < -0.39 is 0 Å². The van der Waals surface area contributed by atoms with Gasteiger partial charge < -0.3 is 4.42 Å². The zero-order valence-corrected chi connectivity index (χ0v) is 11.4. The maximum atomic E-state index is 6.16. The van der Waals surface area contributed by atoms with Crippen LogP contribution in [-0.4, -0.2) is 0 Å². The summed E-state index contributed by atoms with van der Waals surface area (Å²) in [6.07, 6.45) is 4.05. The van der Waals surface area contributed by atoms with Gasteiger partial charge in [0.05, 0.1) is 11.1 Å². The third-order valence-electron chi connectivity index (χ3n) is 4.86. The molecule has 1 heterocycles. The zero-order valence-electron chi connectivity index (χ0n) is 10.6. The van der Waals surface area contributed by atoms with Crippen LogP contribution in [0.15, 0.2) is 28.7 Å². The van der Waals surface area contributed by atoms with Crippen LogP contribution in [0, 0.1) is 17.8 Å². The summed E-state index contributed by atoms with van der Waals surface area (Å²) in [5.41, 5.74) is 3.72. The first kappa shape index (κ1) is 11.8. The number of hydrazine groups is 1. The van der Waals surface area contributed by atoms with Crippen LogP contribution in [0.1, 0.15) is 31.1 Å². The summed E-state index contributed by atoms with van der Waals surface area (Å²) in [5, 5.41) is 1.71. The number of nitrogens with one attached hydrogen (secondary N) is 1. The van der Waals surface area contributed by atoms with Gasteiger partial charge in [-0.3, -0.25) is 5.84 Å². The molecule has 0 spiro atoms. The molecule has 2 aliphatic carbocycles. The van der Waals surface area contributed by atoms with Gasteiger partial charge in [-0.05, 0) is 42.7 Å². The number of benzene rings is 1. The van der Waals surface area contributed by atoms with E-state index in [1.54, 1.807) is 0 Å². The Labute approximate surface area is 117 Å². The quantitative estimate of drug-likeness (QED) is 0.665. The van der Waals surface area contributed by atoms with E-state index in [-0.39, 0.29) is 6.04 Å². The standard InChI is InChI=1S/C15H17ClN2O/c16-11-6-1-3-8-7-12(19-15(8)11)14(18-17)13-9-4-2-5-10(9)13/h1,3,6-7,9-10,13-14,18H,2,4-5,17H2. The van der Waals surface area contributed by atoms with Crippen LogP contribution >= 0.6 is 11.6 Å². The Bertz CT molecular complexity index is 614. The average molecular weight is 277 g/mol. The van der Waals surface area contributed by atoms with Crippen LogP contribution in [0.25, 0.3) is 11.0 Å². The van der Waals surface area contributed by atoms with Gasteiger partial charge in [0, 0.05) is 5.39 Å². The van der Waals surface area contributed by atoms with E-state index in [9.17, 15) is 0 Å². The molecular weight excluding hydrogens is 260 g/mol. The summed E-state index contributed by atoms with van der Waals surface area (Å²) >= 11 is 6.16. The van der Waals surface area contributed by atoms with Gasteiger partial charge in [0.15, 0.2) is 5.58 Å². The van der Waals surface area contributed by atoms with Crippen molar-refractivity contribution in [1.82, 2.24) is 5.43 Å². The van der Waals surface area contributed by atoms with Gasteiger partial charge >= 0.3 is 0 Å². The summed E-state index contributed by atoms with van der Waals surface area (Å²) < 4.78 is 5.94. The number of hydrogen-bond donors (Lipinski definition) is 2. The van der Waals surface area contributed by atoms with Crippen LogP contribution in [0.2, 0.25) is 5.02 Å². The maximum absolute atomic E-state index is 6.16. The van der Waals surface area contributed by atoms with Crippen LogP contribution in [-0.2, 0) is 0 Å². The number of furan rings is 1. The lowest BCUT2D eigenvalue weighted by atomic mass is 10.0. The summed E-state index contributed by atoms with van der Waals surface area (Å²) in [7, 11) is 0. The smallest absolute Gasteiger partial charge is 0.152 e. The Kier molecular flexibility index (Phi) is 2.62. The monoisotopic (exact) mass is 276 g/mol. The Hall–Kier alpha value is -1.03. The SMILES string of the molecule is NNC(c1cc2cccc(Cl)c2o1)C1C2CCCC21. The van der Waals surface area contributed by atoms with E-state index >= 15 is 0 Å². The first-order valence-corrected chi connectivity index (χ1v) is 7.31. The van der Waals surface area contributed by atoms with Crippen LogP contribution in [0.4, 0.5) is 0 Å². The molecule has 0 amide bonds. The lowest BCUT2D eigenvalue weighted by Gasteiger charge is -2.15. The Morgan fingerprint density at radius 2 is 2.11 bits per heavy atom. The lowest BCUT2D eigenvalue weighted by molar-refractivity contribution is 0.363. The first-order valence-electron chi connectivity index (χ1n) is 6.93. The highest BCUT2D eigenvalue weighted by molar-refractivity contribution is 6.34. The maximum Gasteiger partial charge on any atom is 0.152 e. The third kappa shape index (κ3) is 1.72. The van der Waals surface area contributed by atoms with Crippen LogP contribution in [0.5, 0.6) is 0 Å². The molecule has 3 atom stereocenters. The Morgan fingerprint density at radius 3 is 2.79 bits per heavy atom. The molecule has 4 rings (SSSR count). The molecule has 0 bridgehead atoms. The fourth-order valence-electron chi connectivity index (χ4n) is 3.95. The third-order valence-corrected chi connectivity index (χ3v) is 5.16. The molecule has 3 unspecified atom stereocenters. The number of halogens is 1. The largest absolute Gasteiger partial charge is 0.458 e. The van der Waals surface area contributed by atoms with E-state index in [0.717, 1.165) is 28.6 Å². The highest BCUT2D eigenvalue weighted by Crippen LogP contribution is 2.62. The van der Waals surface area contributed by atoms with Gasteiger partial charge in [0.1, 0.15) is 5.76 Å². The number of fused-ring (bicyclic) bond motifs is 2. The van der Waals surface area contributed by atoms with Crippen molar-refractivity contribution in [3.63, 3.8) is 0 Å². The van der Waals surface area contributed by atoms with Gasteiger partial charge in [-0.2, -0.15) is 0 Å². The molecule has 2 saturated carbocycles. The van der Waals surface area contributed by atoms with Crippen molar-refractivity contribution in [2.75, 3.05) is 0 Å². The minimum Gasteiger partial charge on any atom is -0.458 e. The molecule has 0 saturated heterocycles. The van der Waals surface area contributed by atoms with Crippen molar-refractivity contribution in [3.8, 4) is 0 Å². The number of rotatable bonds is 3. The van der Waals surface area contributed by atoms with Crippen molar-refractivity contribution in [1.29, 1.82) is 0 Å². The highest BCUT2D eigenvalue weighted by atomic mass is 35.5. The average Bonchev–Trinajstić information content (AvgIpc) is 2.84. The molecule has 3 N–H and O–H groups in total. The van der Waals surface area contributed by atoms with Crippen molar-refractivity contribution in [2.24, 2.45) is 23.6 Å². The van der Waals surface area contributed by atoms with Crippen molar-refractivity contribution >= 4 is 22.6 Å². The second-order valence-electron chi connectivity index (χ2n) is 5.79. The fourth-order valence-corrected chi connectivity index (χ4v) is 4.18. The lowest BCUT2D eigenvalue weighted by Crippen LogP contribution is -2.30. The minimum atomic E-state index is 0.124. The topological polar surface area (TPSA) is 51.2 Å². The fraction of sp³-hybridized carbons (Fsp3) is 0.467. The summed E-state index contributed by atoms with van der Waals surface area (Å²) in [4.78, 5) is 0. The minimum absolute atomic E-state index is 0.124. The van der Waals surface area contributed by atoms with E-state index in [4.69, 9.17) is 21.9 Å². The molecule has 0 aliphatic heterocycles. The molecule has 4 heteroatoms. The second-order valence-corrected chi connectivity index (χ2v) is 6.19. The van der Waals surface area contributed by atoms with E-state index in [0.29, 0.717) is 10.9 Å². The van der Waals surface area contributed by atoms with Crippen molar-refractivity contribution < 1.29 is 4.42 Å². The molecule has 19 heavy (non-hydrogen) atoms.